The van der Waals surface area contributed by atoms with Crippen molar-refractivity contribution in [3.05, 3.63) is 7.11 Å². The summed E-state index contributed by atoms with van der Waals surface area (Å²) in [6.07, 6.45) is 0.199. The van der Waals surface area contributed by atoms with E-state index in [-0.39, 0.29) is 6.10 Å². The largest absolute Gasteiger partial charge is 0.369 e. The second kappa shape index (κ2) is 3.89. The van der Waals surface area contributed by atoms with Gasteiger partial charge in [-0.25, -0.2) is 0 Å². The van der Waals surface area contributed by atoms with E-state index in [0.29, 0.717) is 11.8 Å². The molecule has 54 valence electrons. The Morgan fingerprint density at radius 3 is 1.33 bits per heavy atom. The van der Waals surface area contributed by atoms with Crippen LogP contribution in [0.4, 0.5) is 0 Å². The highest BCUT2D eigenvalue weighted by atomic mass is 16.5. The van der Waals surface area contributed by atoms with Crippen molar-refractivity contribution >= 4 is 0 Å². The molecule has 0 saturated heterocycles. The SMILES string of the molecule is [CH]OC(C(C)C)C(C)C. The number of hydrogen-bond acceptors (Lipinski definition) is 1. The summed E-state index contributed by atoms with van der Waals surface area (Å²) in [5, 5.41) is 0. The Morgan fingerprint density at radius 2 is 1.33 bits per heavy atom. The molecule has 0 aromatic rings. The summed E-state index contributed by atoms with van der Waals surface area (Å²) in [5.41, 5.74) is 0. The molecule has 1 heteroatoms. The van der Waals surface area contributed by atoms with Crippen LogP contribution in [0.5, 0.6) is 0 Å². The topological polar surface area (TPSA) is 9.23 Å². The maximum atomic E-state index is 5.07. The first-order chi connectivity index (χ1) is 4.09. The Kier molecular flexibility index (Phi) is 3.87. The molecule has 9 heavy (non-hydrogen) atoms. The molecule has 0 aliphatic rings. The van der Waals surface area contributed by atoms with Crippen LogP contribution in [0, 0.1) is 18.9 Å². The predicted molar refractivity (Wildman–Crippen MR) is 38.8 cm³/mol. The lowest BCUT2D eigenvalue weighted by Gasteiger charge is -2.22. The van der Waals surface area contributed by atoms with Crippen molar-refractivity contribution in [2.45, 2.75) is 33.8 Å². The first-order valence-corrected chi connectivity index (χ1v) is 3.45. The molecule has 0 amide bonds. The van der Waals surface area contributed by atoms with Gasteiger partial charge in [-0.1, -0.05) is 27.7 Å². The second-order valence-electron chi connectivity index (χ2n) is 3.09. The van der Waals surface area contributed by atoms with Gasteiger partial charge in [-0.05, 0) is 11.8 Å². The van der Waals surface area contributed by atoms with E-state index in [0.717, 1.165) is 0 Å². The summed E-state index contributed by atoms with van der Waals surface area (Å²) in [4.78, 5) is 0. The molecule has 0 aliphatic carbocycles. The standard InChI is InChI=1S/C8H16O/c1-6(2)8(9-5)7(3)4/h5-8H,1-4H3. The highest BCUT2D eigenvalue weighted by molar-refractivity contribution is 4.65. The van der Waals surface area contributed by atoms with Crippen molar-refractivity contribution < 1.29 is 4.74 Å². The summed E-state index contributed by atoms with van der Waals surface area (Å²) in [6.45, 7) is 8.43. The van der Waals surface area contributed by atoms with Gasteiger partial charge in [0.25, 0.3) is 0 Å². The monoisotopic (exact) mass is 128 g/mol. The molecule has 0 aliphatic heterocycles. The number of rotatable bonds is 3. The molecular formula is C8H16O. The van der Waals surface area contributed by atoms with Crippen molar-refractivity contribution in [1.82, 2.24) is 0 Å². The molecule has 0 aromatic heterocycles. The minimum atomic E-state index is 0.199. The van der Waals surface area contributed by atoms with E-state index < -0.39 is 0 Å². The molecule has 2 radical (unpaired) electrons. The molecule has 0 fully saturated rings. The van der Waals surface area contributed by atoms with Crippen LogP contribution in [-0.4, -0.2) is 6.10 Å². The molecular weight excluding hydrogens is 112 g/mol. The molecule has 0 aromatic carbocycles. The third-order valence-electron chi connectivity index (χ3n) is 1.47. The fourth-order valence-corrected chi connectivity index (χ4v) is 1.08. The molecule has 0 rings (SSSR count). The maximum absolute atomic E-state index is 5.07. The lowest BCUT2D eigenvalue weighted by atomic mass is 9.96. The van der Waals surface area contributed by atoms with Crippen LogP contribution in [-0.2, 0) is 4.74 Å². The van der Waals surface area contributed by atoms with Crippen molar-refractivity contribution in [3.8, 4) is 0 Å². The summed E-state index contributed by atoms with van der Waals surface area (Å²) in [6, 6.07) is 0. The van der Waals surface area contributed by atoms with E-state index in [2.05, 4.69) is 27.7 Å². The zero-order valence-electron chi connectivity index (χ0n) is 6.72. The smallest absolute Gasteiger partial charge is 0.115 e. The second-order valence-corrected chi connectivity index (χ2v) is 3.09. The lowest BCUT2D eigenvalue weighted by molar-refractivity contribution is 0.0556. The summed E-state index contributed by atoms with van der Waals surface area (Å²) >= 11 is 0. The first kappa shape index (κ1) is 8.96. The van der Waals surface area contributed by atoms with Gasteiger partial charge in [0.1, 0.15) is 7.11 Å². The molecule has 0 unspecified atom stereocenters. The average Bonchev–Trinajstić information content (AvgIpc) is 1.64. The van der Waals surface area contributed by atoms with Crippen LogP contribution >= 0.6 is 0 Å². The van der Waals surface area contributed by atoms with Gasteiger partial charge < -0.3 is 4.74 Å². The van der Waals surface area contributed by atoms with Crippen LogP contribution in [0.3, 0.4) is 0 Å². The van der Waals surface area contributed by atoms with Gasteiger partial charge in [0.2, 0.25) is 0 Å². The van der Waals surface area contributed by atoms with Gasteiger partial charge in [-0.2, -0.15) is 0 Å². The molecule has 1 nitrogen and oxygen atoms in total. The van der Waals surface area contributed by atoms with Gasteiger partial charge in [0.05, 0.1) is 6.10 Å². The number of ether oxygens (including phenoxy) is 1. The molecule has 0 bridgehead atoms. The quantitative estimate of drug-likeness (QED) is 0.567. The van der Waals surface area contributed by atoms with Gasteiger partial charge >= 0.3 is 0 Å². The Labute approximate surface area is 58.4 Å². The molecule has 0 heterocycles. The molecule has 0 atom stereocenters. The predicted octanol–water partition coefficient (Wildman–Crippen LogP) is 2.35. The van der Waals surface area contributed by atoms with Gasteiger partial charge in [-0.3, -0.25) is 0 Å². The fraction of sp³-hybridized carbons (Fsp3) is 0.875. The van der Waals surface area contributed by atoms with E-state index in [9.17, 15) is 0 Å². The highest BCUT2D eigenvalue weighted by Crippen LogP contribution is 2.14. The van der Waals surface area contributed by atoms with E-state index in [1.807, 2.05) is 0 Å². The Balaban J connectivity index is 3.68. The van der Waals surface area contributed by atoms with Crippen LogP contribution in [0.2, 0.25) is 0 Å². The van der Waals surface area contributed by atoms with Gasteiger partial charge in [0, 0.05) is 0 Å². The van der Waals surface area contributed by atoms with E-state index in [1.165, 1.54) is 0 Å². The summed E-state index contributed by atoms with van der Waals surface area (Å²) in [5.74, 6) is 1.02. The fourth-order valence-electron chi connectivity index (χ4n) is 1.08. The zero-order valence-corrected chi connectivity index (χ0v) is 6.72. The normalized spacial score (nSPS) is 12.0. The van der Waals surface area contributed by atoms with Gasteiger partial charge in [-0.15, -0.1) is 0 Å². The van der Waals surface area contributed by atoms with Gasteiger partial charge in [0.15, 0.2) is 0 Å². The maximum Gasteiger partial charge on any atom is 0.115 e. The Morgan fingerprint density at radius 1 is 1.00 bits per heavy atom. The minimum absolute atomic E-state index is 0.199. The van der Waals surface area contributed by atoms with E-state index in [4.69, 9.17) is 11.8 Å². The molecule has 0 N–H and O–H groups in total. The van der Waals surface area contributed by atoms with Crippen molar-refractivity contribution in [2.75, 3.05) is 0 Å². The van der Waals surface area contributed by atoms with Crippen LogP contribution in [0.15, 0.2) is 0 Å². The van der Waals surface area contributed by atoms with Crippen molar-refractivity contribution in [2.24, 2.45) is 11.8 Å². The van der Waals surface area contributed by atoms with E-state index >= 15 is 0 Å². The van der Waals surface area contributed by atoms with Crippen molar-refractivity contribution in [1.29, 1.82) is 0 Å². The van der Waals surface area contributed by atoms with Crippen molar-refractivity contribution in [3.63, 3.8) is 0 Å². The Bertz CT molecular complexity index is 59.0. The Hall–Kier alpha value is -0.0400. The zero-order chi connectivity index (χ0) is 7.44. The van der Waals surface area contributed by atoms with Crippen LogP contribution < -0.4 is 0 Å². The highest BCUT2D eigenvalue weighted by Gasteiger charge is 2.15. The third kappa shape index (κ3) is 2.85. The van der Waals surface area contributed by atoms with Crippen LogP contribution in [0.25, 0.3) is 0 Å². The molecule has 0 spiro atoms. The third-order valence-corrected chi connectivity index (χ3v) is 1.47. The number of hydrogen-bond donors (Lipinski definition) is 0. The first-order valence-electron chi connectivity index (χ1n) is 3.45. The lowest BCUT2D eigenvalue weighted by Crippen LogP contribution is -2.23. The van der Waals surface area contributed by atoms with Crippen LogP contribution in [0.1, 0.15) is 27.7 Å². The minimum Gasteiger partial charge on any atom is -0.369 e. The molecule has 0 saturated carbocycles. The van der Waals surface area contributed by atoms with E-state index in [1.54, 1.807) is 0 Å². The average molecular weight is 128 g/mol. The summed E-state index contributed by atoms with van der Waals surface area (Å²) < 4.78 is 4.77. The summed E-state index contributed by atoms with van der Waals surface area (Å²) in [7, 11) is 5.07.